The topological polar surface area (TPSA) is 27.1 Å². The van der Waals surface area contributed by atoms with E-state index in [4.69, 9.17) is 4.74 Å². The molecule has 0 fully saturated rings. The first kappa shape index (κ1) is 11.3. The van der Waals surface area contributed by atoms with Crippen LogP contribution in [0.15, 0.2) is 24.3 Å². The molecular formula is C15H18N2O. The van der Waals surface area contributed by atoms with Crippen molar-refractivity contribution in [3.63, 3.8) is 0 Å². The first-order chi connectivity index (χ1) is 8.72. The van der Waals surface area contributed by atoms with Crippen LogP contribution in [0.4, 0.5) is 0 Å². The number of rotatable bonds is 3. The fourth-order valence-electron chi connectivity index (χ4n) is 2.53. The second kappa shape index (κ2) is 4.48. The monoisotopic (exact) mass is 242 g/mol. The van der Waals surface area contributed by atoms with E-state index in [1.54, 1.807) is 0 Å². The molecule has 0 N–H and O–H groups in total. The van der Waals surface area contributed by atoms with Crippen LogP contribution in [0, 0.1) is 13.8 Å². The van der Waals surface area contributed by atoms with Crippen LogP contribution in [0.1, 0.15) is 22.5 Å². The Kier molecular flexibility index (Phi) is 2.82. The summed E-state index contributed by atoms with van der Waals surface area (Å²) < 4.78 is 7.60. The molecule has 94 valence electrons. The van der Waals surface area contributed by atoms with Gasteiger partial charge in [-0.3, -0.25) is 4.68 Å². The molecule has 1 aromatic heterocycles. The Labute approximate surface area is 107 Å². The van der Waals surface area contributed by atoms with Gasteiger partial charge >= 0.3 is 0 Å². The Morgan fingerprint density at radius 1 is 1.28 bits per heavy atom. The molecule has 2 heterocycles. The molecule has 0 saturated carbocycles. The molecule has 0 bridgehead atoms. The molecule has 3 heteroatoms. The second-order valence-corrected chi connectivity index (χ2v) is 4.94. The van der Waals surface area contributed by atoms with E-state index in [1.165, 1.54) is 16.8 Å². The fourth-order valence-corrected chi connectivity index (χ4v) is 2.53. The molecule has 0 unspecified atom stereocenters. The van der Waals surface area contributed by atoms with Crippen molar-refractivity contribution >= 4 is 0 Å². The minimum absolute atomic E-state index is 0.830. The zero-order chi connectivity index (χ0) is 12.5. The number of aromatic nitrogens is 2. The summed E-state index contributed by atoms with van der Waals surface area (Å²) in [6.07, 6.45) is 2.07. The van der Waals surface area contributed by atoms with Gasteiger partial charge in [-0.2, -0.15) is 5.10 Å². The predicted molar refractivity (Wildman–Crippen MR) is 71.0 cm³/mol. The molecule has 18 heavy (non-hydrogen) atoms. The molecule has 0 aliphatic carbocycles. The molecule has 2 aromatic rings. The molecule has 3 rings (SSSR count). The Morgan fingerprint density at radius 2 is 2.17 bits per heavy atom. The summed E-state index contributed by atoms with van der Waals surface area (Å²) in [7, 11) is 0. The van der Waals surface area contributed by atoms with Gasteiger partial charge in [0.05, 0.1) is 12.3 Å². The lowest BCUT2D eigenvalue weighted by Gasteiger charge is -2.06. The minimum Gasteiger partial charge on any atom is -0.493 e. The van der Waals surface area contributed by atoms with E-state index in [2.05, 4.69) is 41.0 Å². The first-order valence-corrected chi connectivity index (χ1v) is 6.48. The molecular weight excluding hydrogens is 224 g/mol. The van der Waals surface area contributed by atoms with Crippen LogP contribution in [0.2, 0.25) is 0 Å². The summed E-state index contributed by atoms with van der Waals surface area (Å²) in [5, 5.41) is 4.49. The molecule has 0 amide bonds. The molecule has 1 aliphatic heterocycles. The van der Waals surface area contributed by atoms with Crippen molar-refractivity contribution in [1.82, 2.24) is 9.78 Å². The van der Waals surface area contributed by atoms with Gasteiger partial charge in [-0.15, -0.1) is 0 Å². The number of hydrogen-bond donors (Lipinski definition) is 0. The number of nitrogens with zero attached hydrogens (tertiary/aromatic N) is 2. The Morgan fingerprint density at radius 3 is 2.94 bits per heavy atom. The van der Waals surface area contributed by atoms with Crippen molar-refractivity contribution < 1.29 is 4.74 Å². The summed E-state index contributed by atoms with van der Waals surface area (Å²) in [5.74, 6) is 1.06. The van der Waals surface area contributed by atoms with Crippen molar-refractivity contribution in [1.29, 1.82) is 0 Å². The summed E-state index contributed by atoms with van der Waals surface area (Å²) in [5.41, 5.74) is 5.04. The molecule has 0 atom stereocenters. The van der Waals surface area contributed by atoms with Crippen molar-refractivity contribution in [2.45, 2.75) is 33.2 Å². The van der Waals surface area contributed by atoms with E-state index in [9.17, 15) is 0 Å². The Bertz CT molecular complexity index is 572. The summed E-state index contributed by atoms with van der Waals surface area (Å²) in [4.78, 5) is 0. The zero-order valence-corrected chi connectivity index (χ0v) is 10.9. The smallest absolute Gasteiger partial charge is 0.122 e. The predicted octanol–water partition coefficient (Wildman–Crippen LogP) is 2.68. The standard InChI is InChI=1S/C15H18N2O/c1-11-9-12(2)17(16-11)7-5-13-3-4-15-14(10-13)6-8-18-15/h3-4,9-10H,5-8H2,1-2H3. The van der Waals surface area contributed by atoms with E-state index in [0.29, 0.717) is 0 Å². The third-order valence-corrected chi connectivity index (χ3v) is 3.47. The lowest BCUT2D eigenvalue weighted by molar-refractivity contribution is 0.357. The maximum absolute atomic E-state index is 5.52. The summed E-state index contributed by atoms with van der Waals surface area (Å²) in [6.45, 7) is 5.92. The lowest BCUT2D eigenvalue weighted by atomic mass is 10.1. The quantitative estimate of drug-likeness (QED) is 0.827. The number of hydrogen-bond acceptors (Lipinski definition) is 2. The van der Waals surface area contributed by atoms with Crippen LogP contribution >= 0.6 is 0 Å². The Hall–Kier alpha value is -1.77. The number of ether oxygens (including phenoxy) is 1. The van der Waals surface area contributed by atoms with Crippen LogP contribution in [-0.4, -0.2) is 16.4 Å². The average Bonchev–Trinajstić information content (AvgIpc) is 2.92. The third kappa shape index (κ3) is 2.13. The molecule has 3 nitrogen and oxygen atoms in total. The third-order valence-electron chi connectivity index (χ3n) is 3.47. The second-order valence-electron chi connectivity index (χ2n) is 4.94. The molecule has 0 radical (unpaired) electrons. The highest BCUT2D eigenvalue weighted by atomic mass is 16.5. The van der Waals surface area contributed by atoms with Gasteiger partial charge in [-0.25, -0.2) is 0 Å². The normalized spacial score (nSPS) is 13.4. The van der Waals surface area contributed by atoms with Gasteiger partial charge in [0.25, 0.3) is 0 Å². The van der Waals surface area contributed by atoms with E-state index >= 15 is 0 Å². The molecule has 1 aliphatic rings. The lowest BCUT2D eigenvalue weighted by Crippen LogP contribution is -2.05. The van der Waals surface area contributed by atoms with Gasteiger partial charge < -0.3 is 4.74 Å². The maximum Gasteiger partial charge on any atom is 0.122 e. The van der Waals surface area contributed by atoms with Crippen molar-refractivity contribution in [2.75, 3.05) is 6.61 Å². The van der Waals surface area contributed by atoms with Crippen molar-refractivity contribution in [3.8, 4) is 5.75 Å². The van der Waals surface area contributed by atoms with Gasteiger partial charge in [-0.05, 0) is 43.5 Å². The van der Waals surface area contributed by atoms with Crippen LogP contribution in [-0.2, 0) is 19.4 Å². The highest BCUT2D eigenvalue weighted by molar-refractivity contribution is 5.39. The molecule has 0 saturated heterocycles. The number of benzene rings is 1. The largest absolute Gasteiger partial charge is 0.493 e. The number of fused-ring (bicyclic) bond motifs is 1. The van der Waals surface area contributed by atoms with E-state index in [1.807, 2.05) is 6.92 Å². The van der Waals surface area contributed by atoms with E-state index in [0.717, 1.165) is 37.4 Å². The SMILES string of the molecule is Cc1cc(C)n(CCc2ccc3c(c2)CCO3)n1. The van der Waals surface area contributed by atoms with Gasteiger partial charge in [0.1, 0.15) is 5.75 Å². The Balaban J connectivity index is 1.72. The van der Waals surface area contributed by atoms with E-state index in [-0.39, 0.29) is 0 Å². The van der Waals surface area contributed by atoms with Gasteiger partial charge in [0, 0.05) is 18.7 Å². The van der Waals surface area contributed by atoms with Crippen LogP contribution < -0.4 is 4.74 Å². The molecule has 1 aromatic carbocycles. The fraction of sp³-hybridized carbons (Fsp3) is 0.400. The van der Waals surface area contributed by atoms with Crippen LogP contribution in [0.5, 0.6) is 5.75 Å². The van der Waals surface area contributed by atoms with Crippen molar-refractivity contribution in [3.05, 3.63) is 46.8 Å². The van der Waals surface area contributed by atoms with E-state index < -0.39 is 0 Å². The summed E-state index contributed by atoms with van der Waals surface area (Å²) in [6, 6.07) is 8.65. The van der Waals surface area contributed by atoms with Crippen LogP contribution in [0.25, 0.3) is 0 Å². The maximum atomic E-state index is 5.52. The average molecular weight is 242 g/mol. The van der Waals surface area contributed by atoms with Gasteiger partial charge in [0.2, 0.25) is 0 Å². The minimum atomic E-state index is 0.830. The van der Waals surface area contributed by atoms with Gasteiger partial charge in [-0.1, -0.05) is 12.1 Å². The highest BCUT2D eigenvalue weighted by Crippen LogP contribution is 2.26. The first-order valence-electron chi connectivity index (χ1n) is 6.48. The zero-order valence-electron chi connectivity index (χ0n) is 10.9. The molecule has 0 spiro atoms. The van der Waals surface area contributed by atoms with Gasteiger partial charge in [0.15, 0.2) is 0 Å². The summed E-state index contributed by atoms with van der Waals surface area (Å²) >= 11 is 0. The number of aryl methyl sites for hydroxylation is 4. The van der Waals surface area contributed by atoms with Crippen LogP contribution in [0.3, 0.4) is 0 Å². The van der Waals surface area contributed by atoms with Crippen molar-refractivity contribution in [2.24, 2.45) is 0 Å². The highest BCUT2D eigenvalue weighted by Gasteiger charge is 2.12.